The Bertz CT molecular complexity index is 1330. The minimum Gasteiger partial charge on any atom is -0.394 e. The quantitative estimate of drug-likeness (QED) is 0.0212. The van der Waals surface area contributed by atoms with Crippen LogP contribution < -0.4 is 5.32 Å². The van der Waals surface area contributed by atoms with Crippen LogP contribution in [-0.4, -0.2) is 140 Å². The minimum atomic E-state index is -1.79. The number of aliphatic hydroxyl groups excluding tert-OH is 8. The smallest absolute Gasteiger partial charge is 0.220 e. The van der Waals surface area contributed by atoms with Crippen LogP contribution in [0.1, 0.15) is 194 Å². The van der Waals surface area contributed by atoms with Crippen LogP contribution in [-0.2, 0) is 23.7 Å². The summed E-state index contributed by atoms with van der Waals surface area (Å²) in [6.45, 7) is 2.52. The van der Waals surface area contributed by atoms with E-state index in [2.05, 4.69) is 42.6 Å². The molecule has 9 N–H and O–H groups in total. The molecule has 12 atom stereocenters. The number of hydrogen-bond donors (Lipinski definition) is 9. The van der Waals surface area contributed by atoms with Crippen LogP contribution in [0.3, 0.4) is 0 Å². The highest BCUT2D eigenvalue weighted by atomic mass is 16.7. The summed E-state index contributed by atoms with van der Waals surface area (Å²) >= 11 is 0. The second kappa shape index (κ2) is 40.5. The molecule has 2 aliphatic heterocycles. The average molecular weight is 968 g/mol. The Kier molecular flexibility index (Phi) is 37.0. The summed E-state index contributed by atoms with van der Waals surface area (Å²) in [5.41, 5.74) is 0. The van der Waals surface area contributed by atoms with Gasteiger partial charge in [-0.3, -0.25) is 4.79 Å². The van der Waals surface area contributed by atoms with Gasteiger partial charge in [-0.2, -0.15) is 0 Å². The van der Waals surface area contributed by atoms with Crippen LogP contribution >= 0.6 is 0 Å². The van der Waals surface area contributed by atoms with Crippen LogP contribution in [0.15, 0.2) is 48.6 Å². The average Bonchev–Trinajstić information content (AvgIpc) is 3.34. The van der Waals surface area contributed by atoms with Crippen molar-refractivity contribution in [2.75, 3.05) is 19.8 Å². The number of allylic oxidation sites excluding steroid dienone is 7. The number of ether oxygens (including phenoxy) is 4. The van der Waals surface area contributed by atoms with E-state index in [9.17, 15) is 45.6 Å². The molecule has 2 aliphatic rings. The summed E-state index contributed by atoms with van der Waals surface area (Å²) in [5.74, 6) is -0.257. The van der Waals surface area contributed by atoms with Crippen LogP contribution in [0.2, 0.25) is 0 Å². The molecule has 0 aromatic rings. The SMILES string of the molecule is C/C=C/CC/C=C/CC/C=C/C(O)C(COC1OC(CO)C(OC2OC(CO)C(O)C(O)C2O)C(O)C1O)NC(=O)CCCCCCCCCCCCCCC/C=C\CCCCCCCCCC. The predicted molar refractivity (Wildman–Crippen MR) is 267 cm³/mol. The lowest BCUT2D eigenvalue weighted by Gasteiger charge is -2.46. The Balaban J connectivity index is 1.71. The number of aliphatic hydroxyl groups is 8. The monoisotopic (exact) mass is 968 g/mol. The number of amides is 1. The molecule has 0 aromatic heterocycles. The summed E-state index contributed by atoms with van der Waals surface area (Å²) < 4.78 is 22.6. The van der Waals surface area contributed by atoms with E-state index in [1.807, 2.05) is 19.1 Å². The van der Waals surface area contributed by atoms with Gasteiger partial charge in [0.2, 0.25) is 5.91 Å². The summed E-state index contributed by atoms with van der Waals surface area (Å²) in [6.07, 6.45) is 32.0. The van der Waals surface area contributed by atoms with E-state index in [-0.39, 0.29) is 18.9 Å². The van der Waals surface area contributed by atoms with E-state index in [4.69, 9.17) is 18.9 Å². The topological polar surface area (TPSA) is 228 Å². The van der Waals surface area contributed by atoms with Crippen molar-refractivity contribution in [3.63, 3.8) is 0 Å². The Labute approximate surface area is 410 Å². The standard InChI is InChI=1S/C54H97NO13/c1-3-5-7-9-11-13-14-15-16-17-18-19-20-21-22-23-24-25-26-27-28-30-32-34-36-38-46(59)55-42(43(58)37-35-33-31-29-12-10-8-6-4-2)41-65-53-51(64)49(62)52(45(40-57)67-53)68-54-50(63)48(61)47(60)44(39-56)66-54/h4,6,12,17-18,29,35,37,42-45,47-54,56-58,60-64H,3,5,7-11,13-16,19-28,30-34,36,38-41H2,1-2H3,(H,55,59)/b6-4+,18-17-,29-12+,37-35+. The zero-order chi connectivity index (χ0) is 49.6. The van der Waals surface area contributed by atoms with Gasteiger partial charge in [-0.05, 0) is 64.7 Å². The highest BCUT2D eigenvalue weighted by Crippen LogP contribution is 2.30. The summed E-state index contributed by atoms with van der Waals surface area (Å²) in [4.78, 5) is 13.2. The molecule has 14 nitrogen and oxygen atoms in total. The third-order valence-corrected chi connectivity index (χ3v) is 13.1. The second-order valence-electron chi connectivity index (χ2n) is 19.0. The van der Waals surface area contributed by atoms with E-state index in [0.29, 0.717) is 12.8 Å². The lowest BCUT2D eigenvalue weighted by atomic mass is 9.97. The molecule has 0 aromatic carbocycles. The number of unbranched alkanes of at least 4 members (excludes halogenated alkanes) is 23. The second-order valence-corrected chi connectivity index (χ2v) is 19.0. The van der Waals surface area contributed by atoms with Crippen LogP contribution in [0.5, 0.6) is 0 Å². The Morgan fingerprint density at radius 3 is 1.53 bits per heavy atom. The van der Waals surface area contributed by atoms with Crippen molar-refractivity contribution >= 4 is 5.91 Å². The third-order valence-electron chi connectivity index (χ3n) is 13.1. The van der Waals surface area contributed by atoms with E-state index in [0.717, 1.165) is 38.5 Å². The largest absolute Gasteiger partial charge is 0.394 e. The van der Waals surface area contributed by atoms with E-state index < -0.39 is 86.8 Å². The van der Waals surface area contributed by atoms with Crippen molar-refractivity contribution < 1.29 is 64.6 Å². The first-order valence-corrected chi connectivity index (χ1v) is 26.8. The first kappa shape index (κ1) is 62.1. The molecule has 0 saturated carbocycles. The molecule has 2 fully saturated rings. The number of carbonyl (C=O) groups excluding carboxylic acids is 1. The molecule has 68 heavy (non-hydrogen) atoms. The van der Waals surface area contributed by atoms with Crippen molar-refractivity contribution in [3.8, 4) is 0 Å². The molecule has 2 rings (SSSR count). The van der Waals surface area contributed by atoms with Crippen molar-refractivity contribution in [2.45, 2.75) is 267 Å². The fourth-order valence-electron chi connectivity index (χ4n) is 8.68. The Hall–Kier alpha value is -2.05. The molecule has 0 aliphatic carbocycles. The van der Waals surface area contributed by atoms with Gasteiger partial charge >= 0.3 is 0 Å². The van der Waals surface area contributed by atoms with Crippen molar-refractivity contribution in [2.24, 2.45) is 0 Å². The first-order chi connectivity index (χ1) is 33.1. The molecule has 1 amide bonds. The van der Waals surface area contributed by atoms with Crippen LogP contribution in [0.4, 0.5) is 0 Å². The fraction of sp³-hybridized carbons (Fsp3) is 0.833. The van der Waals surface area contributed by atoms with Gasteiger partial charge in [-0.15, -0.1) is 0 Å². The summed E-state index contributed by atoms with van der Waals surface area (Å²) in [5, 5.41) is 86.5. The van der Waals surface area contributed by atoms with Gasteiger partial charge < -0.3 is 65.1 Å². The van der Waals surface area contributed by atoms with Gasteiger partial charge in [-0.1, -0.05) is 171 Å². The van der Waals surface area contributed by atoms with Gasteiger partial charge in [0.1, 0.15) is 48.8 Å². The summed E-state index contributed by atoms with van der Waals surface area (Å²) in [6, 6.07) is -0.935. The van der Waals surface area contributed by atoms with E-state index in [1.54, 1.807) is 6.08 Å². The molecule has 12 unspecified atom stereocenters. The third kappa shape index (κ3) is 27.0. The zero-order valence-corrected chi connectivity index (χ0v) is 42.1. The Morgan fingerprint density at radius 1 is 0.544 bits per heavy atom. The molecule has 396 valence electrons. The predicted octanol–water partition coefficient (Wildman–Crippen LogP) is 7.66. The summed E-state index contributed by atoms with van der Waals surface area (Å²) in [7, 11) is 0. The maximum Gasteiger partial charge on any atom is 0.220 e. The molecule has 2 heterocycles. The van der Waals surface area contributed by atoms with Crippen LogP contribution in [0, 0.1) is 0 Å². The molecule has 0 spiro atoms. The van der Waals surface area contributed by atoms with Gasteiger partial charge in [0.15, 0.2) is 12.6 Å². The lowest BCUT2D eigenvalue weighted by Crippen LogP contribution is -2.65. The highest BCUT2D eigenvalue weighted by molar-refractivity contribution is 5.76. The number of carbonyl (C=O) groups is 1. The van der Waals surface area contributed by atoms with Gasteiger partial charge in [0.05, 0.1) is 32.0 Å². The van der Waals surface area contributed by atoms with Gasteiger partial charge in [0, 0.05) is 6.42 Å². The van der Waals surface area contributed by atoms with Crippen molar-refractivity contribution in [1.82, 2.24) is 5.32 Å². The number of rotatable bonds is 41. The van der Waals surface area contributed by atoms with Gasteiger partial charge in [0.25, 0.3) is 0 Å². The van der Waals surface area contributed by atoms with E-state index in [1.165, 1.54) is 122 Å². The van der Waals surface area contributed by atoms with Crippen LogP contribution in [0.25, 0.3) is 0 Å². The highest BCUT2D eigenvalue weighted by Gasteiger charge is 2.51. The molecule has 14 heteroatoms. The first-order valence-electron chi connectivity index (χ1n) is 26.8. The molecule has 0 bridgehead atoms. The van der Waals surface area contributed by atoms with Crippen molar-refractivity contribution in [3.05, 3.63) is 48.6 Å². The molecular weight excluding hydrogens is 871 g/mol. The zero-order valence-electron chi connectivity index (χ0n) is 42.1. The minimum absolute atomic E-state index is 0.257. The molecule has 2 saturated heterocycles. The van der Waals surface area contributed by atoms with Crippen molar-refractivity contribution in [1.29, 1.82) is 0 Å². The fourth-order valence-corrected chi connectivity index (χ4v) is 8.68. The lowest BCUT2D eigenvalue weighted by molar-refractivity contribution is -0.359. The maximum absolute atomic E-state index is 13.2. The normalized spacial score (nSPS) is 26.7. The molecular formula is C54H97NO13. The number of nitrogens with one attached hydrogen (secondary N) is 1. The maximum atomic E-state index is 13.2. The van der Waals surface area contributed by atoms with Gasteiger partial charge in [-0.25, -0.2) is 0 Å². The number of hydrogen-bond acceptors (Lipinski definition) is 13. The Morgan fingerprint density at radius 2 is 1.00 bits per heavy atom. The molecule has 0 radical (unpaired) electrons. The van der Waals surface area contributed by atoms with E-state index >= 15 is 0 Å².